The van der Waals surface area contributed by atoms with Gasteiger partial charge in [0.2, 0.25) is 0 Å². The normalized spacial score (nSPS) is 15.0. The standard InChI is InChI=1S/C10H15BrN2OS/c1-5-10(3,14-4)9-12-6(2)7(11)8(15)13-9/h5H2,1-4H3,(H,12,13,15). The number of nitrogens with one attached hydrogen (secondary N) is 1. The van der Waals surface area contributed by atoms with Crippen LogP contribution in [0, 0.1) is 11.6 Å². The molecule has 0 aromatic carbocycles. The summed E-state index contributed by atoms with van der Waals surface area (Å²) < 4.78 is 6.88. The quantitative estimate of drug-likeness (QED) is 0.866. The molecule has 3 nitrogen and oxygen atoms in total. The Morgan fingerprint density at radius 1 is 1.60 bits per heavy atom. The number of rotatable bonds is 3. The van der Waals surface area contributed by atoms with E-state index in [1.165, 1.54) is 0 Å². The van der Waals surface area contributed by atoms with E-state index >= 15 is 0 Å². The highest BCUT2D eigenvalue weighted by molar-refractivity contribution is 9.10. The predicted octanol–water partition coefficient (Wildman–Crippen LogP) is 3.48. The summed E-state index contributed by atoms with van der Waals surface area (Å²) in [5.74, 6) is 0.776. The number of hydrogen-bond donors (Lipinski definition) is 1. The smallest absolute Gasteiger partial charge is 0.144 e. The summed E-state index contributed by atoms with van der Waals surface area (Å²) in [6.07, 6.45) is 0.836. The summed E-state index contributed by atoms with van der Waals surface area (Å²) >= 11 is 8.54. The predicted molar refractivity (Wildman–Crippen MR) is 66.5 cm³/mol. The molecule has 1 aromatic heterocycles. The fraction of sp³-hybridized carbons (Fsp3) is 0.600. The molecule has 84 valence electrons. The first-order valence-electron chi connectivity index (χ1n) is 4.76. The Labute approximate surface area is 103 Å². The second-order valence-corrected chi connectivity index (χ2v) is 4.80. The molecule has 1 unspecified atom stereocenters. The van der Waals surface area contributed by atoms with Gasteiger partial charge in [0.1, 0.15) is 16.1 Å². The van der Waals surface area contributed by atoms with Crippen molar-refractivity contribution in [3.63, 3.8) is 0 Å². The number of H-pyrrole nitrogens is 1. The first kappa shape index (κ1) is 12.8. The number of halogens is 1. The SMILES string of the molecule is CCC(C)(OC)c1nc(=S)c(Br)c(C)[nH]1. The Balaban J connectivity index is 3.33. The maximum Gasteiger partial charge on any atom is 0.144 e. The van der Waals surface area contributed by atoms with Gasteiger partial charge in [-0.15, -0.1) is 0 Å². The van der Waals surface area contributed by atoms with E-state index in [0.717, 1.165) is 22.4 Å². The maximum atomic E-state index is 5.47. The topological polar surface area (TPSA) is 37.9 Å². The van der Waals surface area contributed by atoms with Crippen LogP contribution in [0.15, 0.2) is 4.47 Å². The zero-order chi connectivity index (χ0) is 11.6. The lowest BCUT2D eigenvalue weighted by molar-refractivity contribution is -0.00923. The van der Waals surface area contributed by atoms with E-state index in [9.17, 15) is 0 Å². The molecule has 0 bridgehead atoms. The lowest BCUT2D eigenvalue weighted by atomic mass is 10.0. The van der Waals surface area contributed by atoms with Crippen molar-refractivity contribution in [1.29, 1.82) is 0 Å². The van der Waals surface area contributed by atoms with Crippen LogP contribution in [0.1, 0.15) is 31.8 Å². The summed E-state index contributed by atoms with van der Waals surface area (Å²) in [5, 5.41) is 0. The van der Waals surface area contributed by atoms with E-state index in [2.05, 4.69) is 32.8 Å². The highest BCUT2D eigenvalue weighted by atomic mass is 79.9. The van der Waals surface area contributed by atoms with Gasteiger partial charge >= 0.3 is 0 Å². The highest BCUT2D eigenvalue weighted by Crippen LogP contribution is 2.26. The molecular formula is C10H15BrN2OS. The van der Waals surface area contributed by atoms with Crippen molar-refractivity contribution >= 4 is 28.1 Å². The molecule has 0 spiro atoms. The van der Waals surface area contributed by atoms with E-state index in [0.29, 0.717) is 4.64 Å². The second kappa shape index (κ2) is 4.72. The molecule has 15 heavy (non-hydrogen) atoms. The van der Waals surface area contributed by atoms with Gasteiger partial charge in [-0.1, -0.05) is 19.1 Å². The van der Waals surface area contributed by atoms with E-state index in [-0.39, 0.29) is 0 Å². The first-order chi connectivity index (χ1) is 6.94. The summed E-state index contributed by atoms with van der Waals surface area (Å²) in [7, 11) is 1.68. The molecule has 0 amide bonds. The van der Waals surface area contributed by atoms with Crippen LogP contribution in [0.3, 0.4) is 0 Å². The molecule has 1 heterocycles. The van der Waals surface area contributed by atoms with Gasteiger partial charge in [-0.05, 0) is 36.2 Å². The number of aryl methyl sites for hydroxylation is 1. The Bertz CT molecular complexity index is 412. The summed E-state index contributed by atoms with van der Waals surface area (Å²) in [6, 6.07) is 0. The molecular weight excluding hydrogens is 276 g/mol. The van der Waals surface area contributed by atoms with E-state index < -0.39 is 5.60 Å². The van der Waals surface area contributed by atoms with Gasteiger partial charge in [0.05, 0.1) is 4.47 Å². The van der Waals surface area contributed by atoms with Gasteiger partial charge in [0.25, 0.3) is 0 Å². The number of aromatic nitrogens is 2. The minimum atomic E-state index is -0.404. The van der Waals surface area contributed by atoms with Gasteiger partial charge in [-0.3, -0.25) is 0 Å². The molecule has 0 saturated heterocycles. The highest BCUT2D eigenvalue weighted by Gasteiger charge is 2.27. The number of methoxy groups -OCH3 is 1. The fourth-order valence-electron chi connectivity index (χ4n) is 1.23. The van der Waals surface area contributed by atoms with Crippen LogP contribution in [-0.4, -0.2) is 17.1 Å². The average Bonchev–Trinajstić information content (AvgIpc) is 2.24. The van der Waals surface area contributed by atoms with E-state index in [4.69, 9.17) is 17.0 Å². The zero-order valence-corrected chi connectivity index (χ0v) is 11.8. The largest absolute Gasteiger partial charge is 0.371 e. The van der Waals surface area contributed by atoms with Crippen molar-refractivity contribution in [2.75, 3.05) is 7.11 Å². The van der Waals surface area contributed by atoms with Crippen LogP contribution in [-0.2, 0) is 10.3 Å². The van der Waals surface area contributed by atoms with Crippen molar-refractivity contribution < 1.29 is 4.74 Å². The zero-order valence-electron chi connectivity index (χ0n) is 9.35. The van der Waals surface area contributed by atoms with E-state index in [1.807, 2.05) is 13.8 Å². The van der Waals surface area contributed by atoms with Gasteiger partial charge < -0.3 is 9.72 Å². The van der Waals surface area contributed by atoms with Crippen molar-refractivity contribution in [1.82, 2.24) is 9.97 Å². The van der Waals surface area contributed by atoms with Gasteiger partial charge in [-0.2, -0.15) is 0 Å². The van der Waals surface area contributed by atoms with Crippen LogP contribution in [0.4, 0.5) is 0 Å². The lowest BCUT2D eigenvalue weighted by Gasteiger charge is -2.25. The third-order valence-electron chi connectivity index (χ3n) is 2.66. The van der Waals surface area contributed by atoms with Gasteiger partial charge in [-0.25, -0.2) is 4.98 Å². The van der Waals surface area contributed by atoms with Crippen LogP contribution >= 0.6 is 28.1 Å². The average molecular weight is 291 g/mol. The van der Waals surface area contributed by atoms with E-state index in [1.54, 1.807) is 7.11 Å². The van der Waals surface area contributed by atoms with Crippen molar-refractivity contribution in [3.8, 4) is 0 Å². The fourth-order valence-corrected chi connectivity index (χ4v) is 1.66. The minimum absolute atomic E-state index is 0.404. The van der Waals surface area contributed by atoms with Crippen molar-refractivity contribution in [2.24, 2.45) is 0 Å². The third kappa shape index (κ3) is 2.46. The molecule has 5 heteroatoms. The summed E-state index contributed by atoms with van der Waals surface area (Å²) in [6.45, 7) is 6.00. The van der Waals surface area contributed by atoms with Gasteiger partial charge in [0.15, 0.2) is 0 Å². The Morgan fingerprint density at radius 3 is 2.60 bits per heavy atom. The van der Waals surface area contributed by atoms with Crippen LogP contribution in [0.2, 0.25) is 0 Å². The minimum Gasteiger partial charge on any atom is -0.371 e. The molecule has 0 aliphatic heterocycles. The second-order valence-electron chi connectivity index (χ2n) is 3.62. The molecule has 1 N–H and O–H groups in total. The summed E-state index contributed by atoms with van der Waals surface area (Å²) in [5.41, 5.74) is 0.570. The molecule has 0 saturated carbocycles. The molecule has 0 aliphatic carbocycles. The Morgan fingerprint density at radius 2 is 2.20 bits per heavy atom. The summed E-state index contributed by atoms with van der Waals surface area (Å²) in [4.78, 5) is 7.54. The van der Waals surface area contributed by atoms with Crippen molar-refractivity contribution in [3.05, 3.63) is 20.6 Å². The molecule has 1 atom stereocenters. The monoisotopic (exact) mass is 290 g/mol. The number of nitrogens with zero attached hydrogens (tertiary/aromatic N) is 1. The van der Waals surface area contributed by atoms with Crippen LogP contribution in [0.25, 0.3) is 0 Å². The maximum absolute atomic E-state index is 5.47. The lowest BCUT2D eigenvalue weighted by Crippen LogP contribution is -2.26. The Kier molecular flexibility index (Phi) is 4.03. The molecule has 0 radical (unpaired) electrons. The molecule has 0 aliphatic rings. The van der Waals surface area contributed by atoms with Crippen LogP contribution < -0.4 is 0 Å². The third-order valence-corrected chi connectivity index (χ3v) is 4.19. The first-order valence-corrected chi connectivity index (χ1v) is 5.96. The number of ether oxygens (including phenoxy) is 1. The van der Waals surface area contributed by atoms with Gasteiger partial charge in [0, 0.05) is 12.8 Å². The number of hydrogen-bond acceptors (Lipinski definition) is 3. The molecule has 0 fully saturated rings. The van der Waals surface area contributed by atoms with Crippen LogP contribution in [0.5, 0.6) is 0 Å². The van der Waals surface area contributed by atoms with Crippen molar-refractivity contribution in [2.45, 2.75) is 32.8 Å². The number of aromatic amines is 1. The molecule has 1 aromatic rings. The Hall–Kier alpha value is -0.260. The molecule has 1 rings (SSSR count).